The first-order chi connectivity index (χ1) is 12.6. The van der Waals surface area contributed by atoms with Gasteiger partial charge in [-0.25, -0.2) is 4.79 Å². The van der Waals surface area contributed by atoms with Gasteiger partial charge < -0.3 is 14.9 Å². The Morgan fingerprint density at radius 3 is 2.65 bits per heavy atom. The Kier molecular flexibility index (Phi) is 5.38. The number of aromatic nitrogens is 2. The molecule has 0 aliphatic heterocycles. The second-order valence-corrected chi connectivity index (χ2v) is 5.67. The van der Waals surface area contributed by atoms with Gasteiger partial charge in [0.15, 0.2) is 0 Å². The molecule has 0 aliphatic carbocycles. The van der Waals surface area contributed by atoms with Crippen LogP contribution >= 0.6 is 0 Å². The number of carbonyl (C=O) groups is 2. The number of benzene rings is 2. The molecule has 3 aromatic rings. The number of hydrogen-bond acceptors (Lipinski definition) is 5. The number of aromatic carboxylic acids is 1. The van der Waals surface area contributed by atoms with Gasteiger partial charge in [0.25, 0.3) is 0 Å². The minimum absolute atomic E-state index is 0.127. The molecule has 7 heteroatoms. The number of nitrogens with zero attached hydrogens (tertiary/aromatic N) is 2. The molecule has 0 spiro atoms. The molecule has 0 saturated carbocycles. The molecule has 0 saturated heterocycles. The summed E-state index contributed by atoms with van der Waals surface area (Å²) in [5, 5.41) is 15.6. The molecule has 1 heterocycles. The van der Waals surface area contributed by atoms with Crippen molar-refractivity contribution in [1.82, 2.24) is 10.1 Å². The molecule has 132 valence electrons. The molecule has 1 aromatic heterocycles. The maximum Gasteiger partial charge on any atom is 0.335 e. The van der Waals surface area contributed by atoms with E-state index in [0.29, 0.717) is 30.2 Å². The van der Waals surface area contributed by atoms with Gasteiger partial charge in [-0.3, -0.25) is 4.79 Å². The van der Waals surface area contributed by atoms with Gasteiger partial charge in [-0.05, 0) is 24.6 Å². The highest BCUT2D eigenvalue weighted by Gasteiger charge is 2.10. The summed E-state index contributed by atoms with van der Waals surface area (Å²) in [5.74, 6) is -0.234. The monoisotopic (exact) mass is 351 g/mol. The van der Waals surface area contributed by atoms with E-state index >= 15 is 0 Å². The summed E-state index contributed by atoms with van der Waals surface area (Å²) in [6, 6.07) is 15.6. The average Bonchev–Trinajstić information content (AvgIpc) is 3.11. The van der Waals surface area contributed by atoms with Gasteiger partial charge in [0, 0.05) is 24.1 Å². The maximum atomic E-state index is 12.0. The van der Waals surface area contributed by atoms with Crippen LogP contribution in [-0.2, 0) is 11.2 Å². The number of amides is 1. The minimum atomic E-state index is -1.04. The smallest absolute Gasteiger partial charge is 0.335 e. The Balaban J connectivity index is 1.49. The highest BCUT2D eigenvalue weighted by atomic mass is 16.5. The molecule has 2 N–H and O–H groups in total. The predicted octanol–water partition coefficient (Wildman–Crippen LogP) is 3.40. The fourth-order valence-corrected chi connectivity index (χ4v) is 2.41. The third-order valence-corrected chi connectivity index (χ3v) is 3.69. The first-order valence-electron chi connectivity index (χ1n) is 8.13. The highest BCUT2D eigenvalue weighted by Crippen LogP contribution is 2.16. The summed E-state index contributed by atoms with van der Waals surface area (Å²) in [6.45, 7) is 0. The molecular weight excluding hydrogens is 334 g/mol. The lowest BCUT2D eigenvalue weighted by Gasteiger charge is -2.05. The number of carboxylic acid groups (broad SMARTS) is 1. The predicted molar refractivity (Wildman–Crippen MR) is 94.7 cm³/mol. The third kappa shape index (κ3) is 4.54. The van der Waals surface area contributed by atoms with Crippen LogP contribution in [0.3, 0.4) is 0 Å². The van der Waals surface area contributed by atoms with Gasteiger partial charge >= 0.3 is 5.97 Å². The number of aryl methyl sites for hydroxylation is 1. The zero-order chi connectivity index (χ0) is 18.4. The molecule has 0 fully saturated rings. The third-order valence-electron chi connectivity index (χ3n) is 3.69. The van der Waals surface area contributed by atoms with E-state index in [4.69, 9.17) is 9.63 Å². The number of carbonyl (C=O) groups excluding carboxylic acids is 1. The number of rotatable bonds is 7. The number of hydrogen-bond donors (Lipinski definition) is 2. The lowest BCUT2D eigenvalue weighted by Crippen LogP contribution is -2.12. The van der Waals surface area contributed by atoms with Crippen LogP contribution in [0.5, 0.6) is 0 Å². The summed E-state index contributed by atoms with van der Waals surface area (Å²) in [4.78, 5) is 27.2. The van der Waals surface area contributed by atoms with Crippen molar-refractivity contribution in [2.24, 2.45) is 0 Å². The average molecular weight is 351 g/mol. The van der Waals surface area contributed by atoms with E-state index in [9.17, 15) is 9.59 Å². The zero-order valence-corrected chi connectivity index (χ0v) is 13.9. The van der Waals surface area contributed by atoms with E-state index in [2.05, 4.69) is 15.5 Å². The molecule has 2 aromatic carbocycles. The van der Waals surface area contributed by atoms with E-state index in [1.165, 1.54) is 12.1 Å². The van der Waals surface area contributed by atoms with E-state index in [-0.39, 0.29) is 17.9 Å². The van der Waals surface area contributed by atoms with Crippen LogP contribution in [0.2, 0.25) is 0 Å². The van der Waals surface area contributed by atoms with Crippen molar-refractivity contribution in [3.05, 3.63) is 66.1 Å². The van der Waals surface area contributed by atoms with Gasteiger partial charge in [0.2, 0.25) is 17.6 Å². The van der Waals surface area contributed by atoms with Crippen LogP contribution in [0.1, 0.15) is 29.1 Å². The van der Waals surface area contributed by atoms with Crippen LogP contribution in [0.4, 0.5) is 5.69 Å². The molecule has 0 aliphatic rings. The Hall–Kier alpha value is -3.48. The Morgan fingerprint density at radius 2 is 1.88 bits per heavy atom. The van der Waals surface area contributed by atoms with Gasteiger partial charge in [-0.1, -0.05) is 41.6 Å². The molecule has 0 bridgehead atoms. The lowest BCUT2D eigenvalue weighted by atomic mass is 10.2. The van der Waals surface area contributed by atoms with Crippen molar-refractivity contribution in [1.29, 1.82) is 0 Å². The van der Waals surface area contributed by atoms with Gasteiger partial charge in [0.1, 0.15) is 0 Å². The number of anilines is 1. The van der Waals surface area contributed by atoms with E-state index < -0.39 is 5.97 Å². The summed E-state index contributed by atoms with van der Waals surface area (Å²) in [5.41, 5.74) is 1.46. The molecule has 0 unspecified atom stereocenters. The van der Waals surface area contributed by atoms with E-state index in [1.54, 1.807) is 12.1 Å². The second-order valence-electron chi connectivity index (χ2n) is 5.67. The normalized spacial score (nSPS) is 10.5. The van der Waals surface area contributed by atoms with Crippen LogP contribution in [0.25, 0.3) is 11.4 Å². The van der Waals surface area contributed by atoms with Crippen LogP contribution in [-0.4, -0.2) is 27.1 Å². The van der Waals surface area contributed by atoms with Crippen molar-refractivity contribution in [2.45, 2.75) is 19.3 Å². The van der Waals surface area contributed by atoms with Gasteiger partial charge in [0.05, 0.1) is 5.56 Å². The van der Waals surface area contributed by atoms with Crippen LogP contribution < -0.4 is 5.32 Å². The quantitative estimate of drug-likeness (QED) is 0.676. The molecule has 26 heavy (non-hydrogen) atoms. The summed E-state index contributed by atoms with van der Waals surface area (Å²) < 4.78 is 5.20. The van der Waals surface area contributed by atoms with Crippen LogP contribution in [0.15, 0.2) is 59.1 Å². The first kappa shape index (κ1) is 17.3. The Morgan fingerprint density at radius 1 is 1.08 bits per heavy atom. The van der Waals surface area contributed by atoms with Gasteiger partial charge in [-0.2, -0.15) is 4.98 Å². The molecule has 1 amide bonds. The van der Waals surface area contributed by atoms with Gasteiger partial charge in [-0.15, -0.1) is 0 Å². The highest BCUT2D eigenvalue weighted by molar-refractivity contribution is 5.93. The fourth-order valence-electron chi connectivity index (χ4n) is 2.41. The molecule has 7 nitrogen and oxygen atoms in total. The van der Waals surface area contributed by atoms with Crippen LogP contribution in [0, 0.1) is 0 Å². The van der Waals surface area contributed by atoms with Crippen molar-refractivity contribution in [3.8, 4) is 11.4 Å². The number of carboxylic acids is 1. The zero-order valence-electron chi connectivity index (χ0n) is 13.9. The molecule has 0 atom stereocenters. The summed E-state index contributed by atoms with van der Waals surface area (Å²) >= 11 is 0. The number of nitrogens with one attached hydrogen (secondary N) is 1. The SMILES string of the molecule is O=C(CCCc1nc(-c2ccccc2)no1)Nc1cccc(C(=O)O)c1. The minimum Gasteiger partial charge on any atom is -0.478 e. The first-order valence-corrected chi connectivity index (χ1v) is 8.13. The summed E-state index contributed by atoms with van der Waals surface area (Å²) in [6.07, 6.45) is 1.30. The van der Waals surface area contributed by atoms with Crippen molar-refractivity contribution in [3.63, 3.8) is 0 Å². The lowest BCUT2D eigenvalue weighted by molar-refractivity contribution is -0.116. The second kappa shape index (κ2) is 8.06. The van der Waals surface area contributed by atoms with Crippen molar-refractivity contribution in [2.75, 3.05) is 5.32 Å². The largest absolute Gasteiger partial charge is 0.478 e. The molecular formula is C19H17N3O4. The standard InChI is InChI=1S/C19H17N3O4/c23-16(20-15-9-4-8-14(12-15)19(24)25)10-5-11-17-21-18(22-26-17)13-6-2-1-3-7-13/h1-4,6-9,12H,5,10-11H2,(H,20,23)(H,24,25). The topological polar surface area (TPSA) is 105 Å². The fraction of sp³-hybridized carbons (Fsp3) is 0.158. The summed E-state index contributed by atoms with van der Waals surface area (Å²) in [7, 11) is 0. The van der Waals surface area contributed by atoms with E-state index in [0.717, 1.165) is 5.56 Å². The Bertz CT molecular complexity index is 906. The maximum absolute atomic E-state index is 12.0. The van der Waals surface area contributed by atoms with E-state index in [1.807, 2.05) is 30.3 Å². The van der Waals surface area contributed by atoms with Crippen molar-refractivity contribution < 1.29 is 19.2 Å². The van der Waals surface area contributed by atoms with Crippen molar-refractivity contribution >= 4 is 17.6 Å². The molecule has 0 radical (unpaired) electrons. The molecule has 3 rings (SSSR count). The Labute approximate surface area is 149 Å².